The van der Waals surface area contributed by atoms with Crippen LogP contribution in [0, 0.1) is 6.58 Å². The van der Waals surface area contributed by atoms with Gasteiger partial charge in [0, 0.05) is 50.7 Å². The monoisotopic (exact) mass is 411 g/mol. The van der Waals surface area contributed by atoms with Gasteiger partial charge in [-0.1, -0.05) is 43.0 Å². The Hall–Kier alpha value is -3.86. The number of rotatable bonds is 5. The van der Waals surface area contributed by atoms with Gasteiger partial charge in [0.2, 0.25) is 11.8 Å². The average Bonchev–Trinajstić information content (AvgIpc) is 3.30. The molecule has 0 atom stereocenters. The summed E-state index contributed by atoms with van der Waals surface area (Å²) in [6.45, 7) is 5.22. The molecular formula is C26H27N4O. The normalized spacial score (nSPS) is 10.1. The van der Waals surface area contributed by atoms with Crippen LogP contribution in [0.4, 0.5) is 11.4 Å². The fraction of sp³-hybridized carbons (Fsp3) is 0.154. The van der Waals surface area contributed by atoms with Gasteiger partial charge in [0.1, 0.15) is 0 Å². The molecule has 0 saturated heterocycles. The highest BCUT2D eigenvalue weighted by Crippen LogP contribution is 2.26. The Morgan fingerprint density at radius 2 is 1.06 bits per heavy atom. The Morgan fingerprint density at radius 1 is 0.645 bits per heavy atom. The third-order valence-corrected chi connectivity index (χ3v) is 4.68. The van der Waals surface area contributed by atoms with E-state index < -0.39 is 0 Å². The summed E-state index contributed by atoms with van der Waals surface area (Å²) in [5, 5.41) is 8.31. The molecule has 0 spiro atoms. The van der Waals surface area contributed by atoms with Gasteiger partial charge in [-0.2, -0.15) is 0 Å². The molecular weight excluding hydrogens is 384 g/mol. The van der Waals surface area contributed by atoms with Gasteiger partial charge in [-0.05, 0) is 54.1 Å². The van der Waals surface area contributed by atoms with Crippen molar-refractivity contribution in [3.8, 4) is 22.9 Å². The molecule has 5 heteroatoms. The molecule has 0 N–H and O–H groups in total. The van der Waals surface area contributed by atoms with E-state index in [-0.39, 0.29) is 0 Å². The SMILES string of the molecule is CN(C)c1ccc(-c2nnc(-c3ccc(N(C)C)cc3)o2)cc1.[CH]=Cc1ccccc1. The van der Waals surface area contributed by atoms with Gasteiger partial charge in [-0.25, -0.2) is 0 Å². The Labute approximate surface area is 184 Å². The highest BCUT2D eigenvalue weighted by atomic mass is 16.4. The topological polar surface area (TPSA) is 45.4 Å². The standard InChI is InChI=1S/C18H20N4O.C8H7/c1-21(2)15-9-5-13(6-10-15)17-19-20-18(23-17)14-7-11-16(12-8-14)22(3)4;1-2-8-6-4-3-5-7-8/h5-12H,1-4H3;1-7H. The molecule has 4 rings (SSSR count). The first-order chi connectivity index (χ1) is 15.0. The Balaban J connectivity index is 0.000000287. The Kier molecular flexibility index (Phi) is 7.22. The molecule has 0 aliphatic heterocycles. The molecule has 157 valence electrons. The van der Waals surface area contributed by atoms with Crippen molar-refractivity contribution >= 4 is 17.5 Å². The fourth-order valence-electron chi connectivity index (χ4n) is 2.82. The molecule has 0 saturated carbocycles. The van der Waals surface area contributed by atoms with Gasteiger partial charge in [-0.15, -0.1) is 10.2 Å². The first-order valence-corrected chi connectivity index (χ1v) is 9.97. The summed E-state index contributed by atoms with van der Waals surface area (Å²) >= 11 is 0. The average molecular weight is 412 g/mol. The number of anilines is 2. The maximum Gasteiger partial charge on any atom is 0.248 e. The molecule has 1 aromatic heterocycles. The summed E-state index contributed by atoms with van der Waals surface area (Å²) in [6, 6.07) is 25.9. The van der Waals surface area contributed by atoms with Gasteiger partial charge >= 0.3 is 0 Å². The minimum atomic E-state index is 0.530. The van der Waals surface area contributed by atoms with Crippen LogP contribution >= 0.6 is 0 Å². The summed E-state index contributed by atoms with van der Waals surface area (Å²) in [6.07, 6.45) is 1.58. The highest BCUT2D eigenvalue weighted by Gasteiger charge is 2.11. The summed E-state index contributed by atoms with van der Waals surface area (Å²) in [5.74, 6) is 1.06. The van der Waals surface area contributed by atoms with Crippen LogP contribution in [0.15, 0.2) is 83.3 Å². The van der Waals surface area contributed by atoms with Crippen LogP contribution in [0.5, 0.6) is 0 Å². The lowest BCUT2D eigenvalue weighted by molar-refractivity contribution is 0.584. The van der Waals surface area contributed by atoms with Crippen molar-refractivity contribution in [2.75, 3.05) is 38.0 Å². The van der Waals surface area contributed by atoms with E-state index in [1.807, 2.05) is 107 Å². The van der Waals surface area contributed by atoms with Crippen molar-refractivity contribution in [2.45, 2.75) is 0 Å². The zero-order valence-electron chi connectivity index (χ0n) is 18.4. The summed E-state index contributed by atoms with van der Waals surface area (Å²) in [5.41, 5.74) is 5.16. The summed E-state index contributed by atoms with van der Waals surface area (Å²) < 4.78 is 5.81. The third kappa shape index (κ3) is 5.82. The lowest BCUT2D eigenvalue weighted by Gasteiger charge is -2.12. The van der Waals surface area contributed by atoms with Crippen molar-refractivity contribution in [1.29, 1.82) is 0 Å². The second-order valence-electron chi connectivity index (χ2n) is 7.37. The van der Waals surface area contributed by atoms with Gasteiger partial charge < -0.3 is 14.2 Å². The Morgan fingerprint density at radius 3 is 1.39 bits per heavy atom. The van der Waals surface area contributed by atoms with E-state index in [0.717, 1.165) is 28.1 Å². The lowest BCUT2D eigenvalue weighted by Crippen LogP contribution is -2.07. The minimum absolute atomic E-state index is 0.530. The van der Waals surface area contributed by atoms with Crippen LogP contribution in [0.25, 0.3) is 29.0 Å². The predicted octanol–water partition coefficient (Wildman–Crippen LogP) is 5.67. The maximum absolute atomic E-state index is 5.81. The largest absolute Gasteiger partial charge is 0.416 e. The molecule has 0 bridgehead atoms. The quantitative estimate of drug-likeness (QED) is 0.423. The van der Waals surface area contributed by atoms with Crippen molar-refractivity contribution in [1.82, 2.24) is 10.2 Å². The second-order valence-corrected chi connectivity index (χ2v) is 7.37. The van der Waals surface area contributed by atoms with E-state index in [2.05, 4.69) is 20.0 Å². The number of hydrogen-bond donors (Lipinski definition) is 0. The van der Waals surface area contributed by atoms with Crippen LogP contribution in [-0.4, -0.2) is 38.4 Å². The summed E-state index contributed by atoms with van der Waals surface area (Å²) in [4.78, 5) is 4.10. The van der Waals surface area contributed by atoms with Crippen molar-refractivity contribution in [3.63, 3.8) is 0 Å². The van der Waals surface area contributed by atoms with Crippen molar-refractivity contribution in [2.24, 2.45) is 0 Å². The van der Waals surface area contributed by atoms with Crippen LogP contribution < -0.4 is 9.80 Å². The molecule has 0 fully saturated rings. The molecule has 1 radical (unpaired) electrons. The number of benzene rings is 3. The zero-order valence-corrected chi connectivity index (χ0v) is 18.4. The van der Waals surface area contributed by atoms with Gasteiger partial charge in [0.05, 0.1) is 0 Å². The molecule has 0 amide bonds. The molecule has 31 heavy (non-hydrogen) atoms. The molecule has 0 unspecified atom stereocenters. The molecule has 0 aliphatic rings. The first-order valence-electron chi connectivity index (χ1n) is 9.97. The highest BCUT2D eigenvalue weighted by molar-refractivity contribution is 5.62. The predicted molar refractivity (Wildman–Crippen MR) is 129 cm³/mol. The molecule has 1 heterocycles. The van der Waals surface area contributed by atoms with Gasteiger partial charge in [0.25, 0.3) is 0 Å². The van der Waals surface area contributed by atoms with Gasteiger partial charge in [-0.3, -0.25) is 0 Å². The molecule has 4 aromatic rings. The van der Waals surface area contributed by atoms with E-state index in [4.69, 9.17) is 11.0 Å². The molecule has 0 aliphatic carbocycles. The number of hydrogen-bond acceptors (Lipinski definition) is 5. The fourth-order valence-corrected chi connectivity index (χ4v) is 2.82. The van der Waals surface area contributed by atoms with Crippen LogP contribution in [0.2, 0.25) is 0 Å². The van der Waals surface area contributed by atoms with E-state index in [1.54, 1.807) is 6.08 Å². The minimum Gasteiger partial charge on any atom is -0.416 e. The number of aromatic nitrogens is 2. The zero-order chi connectivity index (χ0) is 22.2. The van der Waals surface area contributed by atoms with Gasteiger partial charge in [0.15, 0.2) is 0 Å². The first kappa shape index (κ1) is 21.8. The maximum atomic E-state index is 5.81. The molecule has 3 aromatic carbocycles. The molecule has 5 nitrogen and oxygen atoms in total. The van der Waals surface area contributed by atoms with Crippen LogP contribution in [-0.2, 0) is 0 Å². The van der Waals surface area contributed by atoms with E-state index in [0.29, 0.717) is 11.8 Å². The number of nitrogens with zero attached hydrogens (tertiary/aromatic N) is 4. The van der Waals surface area contributed by atoms with E-state index >= 15 is 0 Å². The van der Waals surface area contributed by atoms with Crippen molar-refractivity contribution in [3.05, 3.63) is 91.0 Å². The van der Waals surface area contributed by atoms with E-state index in [1.165, 1.54) is 0 Å². The van der Waals surface area contributed by atoms with Crippen LogP contribution in [0.3, 0.4) is 0 Å². The Bertz CT molecular complexity index is 1020. The summed E-state index contributed by atoms with van der Waals surface area (Å²) in [7, 11) is 8.04. The smallest absolute Gasteiger partial charge is 0.248 e. The van der Waals surface area contributed by atoms with Crippen molar-refractivity contribution < 1.29 is 4.42 Å². The van der Waals surface area contributed by atoms with E-state index in [9.17, 15) is 0 Å². The second kappa shape index (κ2) is 10.3. The third-order valence-electron chi connectivity index (χ3n) is 4.68. The van der Waals surface area contributed by atoms with Crippen LogP contribution in [0.1, 0.15) is 5.56 Å². The lowest BCUT2D eigenvalue weighted by atomic mass is 10.2.